The molecule has 2 aliphatic rings. The zero-order valence-electron chi connectivity index (χ0n) is 18.5. The minimum absolute atomic E-state index is 0.0797. The minimum atomic E-state index is -0.329. The van der Waals surface area contributed by atoms with Gasteiger partial charge in [0.2, 0.25) is 0 Å². The van der Waals surface area contributed by atoms with Gasteiger partial charge in [0.1, 0.15) is 11.6 Å². The number of rotatable bonds is 6. The Kier molecular flexibility index (Phi) is 6.22. The van der Waals surface area contributed by atoms with E-state index in [1.165, 1.54) is 17.7 Å². The van der Waals surface area contributed by atoms with Crippen LogP contribution in [0.1, 0.15) is 35.2 Å². The standard InChI is InChI=1S/C28H27FN2O2/c29-23-13-11-20(12-14-23)21-15-18-31(19-16-21)17-5-10-26-30-28(32)25-9-4-8-24(27(25)33-26)22-6-2-1-3-7-22/h1-4,6-9,11-15,26H,5,10,16-19H2,(H,30,32). The van der Waals surface area contributed by atoms with Crippen LogP contribution in [-0.2, 0) is 0 Å². The summed E-state index contributed by atoms with van der Waals surface area (Å²) in [7, 11) is 0. The number of carbonyl (C=O) groups is 1. The summed E-state index contributed by atoms with van der Waals surface area (Å²) in [5, 5.41) is 3.00. The lowest BCUT2D eigenvalue weighted by Crippen LogP contribution is -2.44. The smallest absolute Gasteiger partial charge is 0.257 e. The van der Waals surface area contributed by atoms with Gasteiger partial charge in [-0.15, -0.1) is 0 Å². The van der Waals surface area contributed by atoms with Crippen molar-refractivity contribution in [3.8, 4) is 16.9 Å². The highest BCUT2D eigenvalue weighted by molar-refractivity contribution is 6.00. The average molecular weight is 443 g/mol. The van der Waals surface area contributed by atoms with Crippen molar-refractivity contribution in [1.82, 2.24) is 10.2 Å². The molecule has 168 valence electrons. The number of halogens is 1. The molecular formula is C28H27FN2O2. The van der Waals surface area contributed by atoms with Crippen LogP contribution in [0.15, 0.2) is 78.9 Å². The van der Waals surface area contributed by atoms with Gasteiger partial charge in [-0.25, -0.2) is 4.39 Å². The second-order valence-electron chi connectivity index (χ2n) is 8.56. The number of carbonyl (C=O) groups excluding carboxylic acids is 1. The lowest BCUT2D eigenvalue weighted by molar-refractivity contribution is 0.0730. The van der Waals surface area contributed by atoms with Crippen LogP contribution in [-0.4, -0.2) is 36.7 Å². The first-order valence-electron chi connectivity index (χ1n) is 11.5. The monoisotopic (exact) mass is 442 g/mol. The van der Waals surface area contributed by atoms with E-state index < -0.39 is 0 Å². The summed E-state index contributed by atoms with van der Waals surface area (Å²) in [6, 6.07) is 22.5. The Hall–Kier alpha value is -3.44. The number of para-hydroxylation sites is 1. The lowest BCUT2D eigenvalue weighted by atomic mass is 9.99. The van der Waals surface area contributed by atoms with Gasteiger partial charge >= 0.3 is 0 Å². The number of nitrogens with one attached hydrogen (secondary N) is 1. The van der Waals surface area contributed by atoms with Gasteiger partial charge in [0, 0.05) is 25.1 Å². The van der Waals surface area contributed by atoms with Gasteiger partial charge in [0.15, 0.2) is 6.23 Å². The van der Waals surface area contributed by atoms with Crippen molar-refractivity contribution in [2.45, 2.75) is 25.5 Å². The summed E-state index contributed by atoms with van der Waals surface area (Å²) < 4.78 is 19.4. The van der Waals surface area contributed by atoms with Crippen LogP contribution in [0.2, 0.25) is 0 Å². The Morgan fingerprint density at radius 3 is 2.48 bits per heavy atom. The van der Waals surface area contributed by atoms with Crippen LogP contribution < -0.4 is 10.1 Å². The molecule has 0 spiro atoms. The van der Waals surface area contributed by atoms with Crippen LogP contribution in [0, 0.1) is 5.82 Å². The van der Waals surface area contributed by atoms with Crippen LogP contribution in [0.3, 0.4) is 0 Å². The van der Waals surface area contributed by atoms with Gasteiger partial charge in [0.05, 0.1) is 5.56 Å². The average Bonchev–Trinajstić information content (AvgIpc) is 2.85. The molecule has 1 atom stereocenters. The topological polar surface area (TPSA) is 41.6 Å². The molecule has 0 saturated heterocycles. The van der Waals surface area contributed by atoms with Crippen LogP contribution in [0.25, 0.3) is 16.7 Å². The van der Waals surface area contributed by atoms with Crippen LogP contribution in [0.5, 0.6) is 5.75 Å². The fraction of sp³-hybridized carbons (Fsp3) is 0.250. The Morgan fingerprint density at radius 1 is 0.939 bits per heavy atom. The van der Waals surface area contributed by atoms with Crippen molar-refractivity contribution >= 4 is 11.5 Å². The summed E-state index contributed by atoms with van der Waals surface area (Å²) in [5.41, 5.74) is 4.95. The molecule has 2 aliphatic heterocycles. The Labute approximate surface area is 193 Å². The molecule has 1 unspecified atom stereocenters. The molecule has 5 heteroatoms. The van der Waals surface area contributed by atoms with E-state index in [1.807, 2.05) is 60.7 Å². The third kappa shape index (κ3) is 4.83. The normalized spacial score (nSPS) is 18.2. The highest BCUT2D eigenvalue weighted by Gasteiger charge is 2.27. The molecular weight excluding hydrogens is 415 g/mol. The number of benzene rings is 3. The van der Waals surface area contributed by atoms with Gasteiger partial charge in [-0.05, 0) is 54.3 Å². The molecule has 3 aromatic rings. The number of fused-ring (bicyclic) bond motifs is 1. The molecule has 0 radical (unpaired) electrons. The molecule has 4 nitrogen and oxygen atoms in total. The van der Waals surface area contributed by atoms with E-state index in [-0.39, 0.29) is 18.0 Å². The molecule has 2 heterocycles. The molecule has 0 saturated carbocycles. The van der Waals surface area contributed by atoms with Crippen molar-refractivity contribution in [2.75, 3.05) is 19.6 Å². The molecule has 0 aromatic heterocycles. The van der Waals surface area contributed by atoms with Crippen molar-refractivity contribution in [3.63, 3.8) is 0 Å². The van der Waals surface area contributed by atoms with Crippen molar-refractivity contribution in [3.05, 3.63) is 95.8 Å². The number of nitrogens with zero attached hydrogens (tertiary/aromatic N) is 1. The SMILES string of the molecule is O=C1NC(CCCN2CC=C(c3ccc(F)cc3)CC2)Oc2c1cccc2-c1ccccc1. The maximum atomic E-state index is 13.2. The molecule has 33 heavy (non-hydrogen) atoms. The van der Waals surface area contributed by atoms with E-state index in [0.717, 1.165) is 55.6 Å². The maximum Gasteiger partial charge on any atom is 0.257 e. The molecule has 1 amide bonds. The molecule has 0 fully saturated rings. The number of ether oxygens (including phenoxy) is 1. The Bertz CT molecular complexity index is 1160. The molecule has 0 bridgehead atoms. The van der Waals surface area contributed by atoms with Crippen molar-refractivity contribution in [1.29, 1.82) is 0 Å². The second-order valence-corrected chi connectivity index (χ2v) is 8.56. The summed E-state index contributed by atoms with van der Waals surface area (Å²) >= 11 is 0. The lowest BCUT2D eigenvalue weighted by Gasteiger charge is -2.30. The molecule has 0 aliphatic carbocycles. The molecule has 5 rings (SSSR count). The zero-order valence-corrected chi connectivity index (χ0v) is 18.5. The zero-order chi connectivity index (χ0) is 22.6. The van der Waals surface area contributed by atoms with Crippen molar-refractivity contribution < 1.29 is 13.9 Å². The van der Waals surface area contributed by atoms with E-state index in [2.05, 4.69) is 16.3 Å². The summed E-state index contributed by atoms with van der Waals surface area (Å²) in [6.45, 7) is 2.80. The third-order valence-corrected chi connectivity index (χ3v) is 6.35. The van der Waals surface area contributed by atoms with E-state index in [1.54, 1.807) is 0 Å². The summed E-state index contributed by atoms with van der Waals surface area (Å²) in [5.74, 6) is 0.387. The summed E-state index contributed by atoms with van der Waals surface area (Å²) in [4.78, 5) is 15.1. The van der Waals surface area contributed by atoms with Crippen LogP contribution >= 0.6 is 0 Å². The van der Waals surface area contributed by atoms with E-state index in [9.17, 15) is 9.18 Å². The predicted octanol–water partition coefficient (Wildman–Crippen LogP) is 5.51. The van der Waals surface area contributed by atoms with Gasteiger partial charge in [0.25, 0.3) is 5.91 Å². The molecule has 3 aromatic carbocycles. The molecule has 1 N–H and O–H groups in total. The van der Waals surface area contributed by atoms with E-state index in [4.69, 9.17) is 4.74 Å². The van der Waals surface area contributed by atoms with E-state index >= 15 is 0 Å². The first kappa shape index (κ1) is 21.4. The van der Waals surface area contributed by atoms with E-state index in [0.29, 0.717) is 11.3 Å². The third-order valence-electron chi connectivity index (χ3n) is 6.35. The number of amides is 1. The summed E-state index contributed by atoms with van der Waals surface area (Å²) in [6.07, 6.45) is 4.53. The van der Waals surface area contributed by atoms with Gasteiger partial charge in [-0.3, -0.25) is 9.69 Å². The quantitative estimate of drug-likeness (QED) is 0.547. The number of hydrogen-bond acceptors (Lipinski definition) is 3. The number of hydrogen-bond donors (Lipinski definition) is 1. The largest absolute Gasteiger partial charge is 0.469 e. The second kappa shape index (κ2) is 9.59. The fourth-order valence-corrected chi connectivity index (χ4v) is 4.56. The minimum Gasteiger partial charge on any atom is -0.469 e. The maximum absolute atomic E-state index is 13.2. The first-order valence-corrected chi connectivity index (χ1v) is 11.5. The van der Waals surface area contributed by atoms with Gasteiger partial charge in [-0.2, -0.15) is 0 Å². The van der Waals surface area contributed by atoms with Gasteiger partial charge < -0.3 is 10.1 Å². The predicted molar refractivity (Wildman–Crippen MR) is 128 cm³/mol. The van der Waals surface area contributed by atoms with Crippen molar-refractivity contribution in [2.24, 2.45) is 0 Å². The fourth-order valence-electron chi connectivity index (χ4n) is 4.56. The Balaban J connectivity index is 1.18. The van der Waals surface area contributed by atoms with Gasteiger partial charge in [-0.1, -0.05) is 60.7 Å². The Morgan fingerprint density at radius 2 is 1.73 bits per heavy atom. The highest BCUT2D eigenvalue weighted by atomic mass is 19.1. The van der Waals surface area contributed by atoms with Crippen LogP contribution in [0.4, 0.5) is 4.39 Å². The highest BCUT2D eigenvalue weighted by Crippen LogP contribution is 2.36. The first-order chi connectivity index (χ1) is 16.2.